The van der Waals surface area contributed by atoms with Gasteiger partial charge in [0.15, 0.2) is 17.5 Å². The summed E-state index contributed by atoms with van der Waals surface area (Å²) >= 11 is 0. The molecule has 1 saturated heterocycles. The van der Waals surface area contributed by atoms with Gasteiger partial charge in [0.05, 0.1) is 33.5 Å². The van der Waals surface area contributed by atoms with Crippen LogP contribution in [0.4, 0.5) is 0 Å². The number of aliphatic imine (C=N–C) groups is 1. The van der Waals surface area contributed by atoms with Gasteiger partial charge < -0.3 is 30.0 Å². The molecule has 0 radical (unpaired) electrons. The van der Waals surface area contributed by atoms with Gasteiger partial charge in [-0.25, -0.2) is 0 Å². The van der Waals surface area contributed by atoms with Crippen molar-refractivity contribution in [3.8, 4) is 11.5 Å². The van der Waals surface area contributed by atoms with E-state index in [0.29, 0.717) is 13.1 Å². The fourth-order valence-electron chi connectivity index (χ4n) is 3.25. The van der Waals surface area contributed by atoms with Crippen molar-refractivity contribution in [2.24, 2.45) is 10.9 Å². The van der Waals surface area contributed by atoms with Crippen LogP contribution in [0, 0.1) is 5.92 Å². The highest BCUT2D eigenvalue weighted by atomic mass is 127. The van der Waals surface area contributed by atoms with Crippen LogP contribution in [0.15, 0.2) is 23.2 Å². The number of ether oxygens (including phenoxy) is 3. The Bertz CT molecular complexity index is 641. The fraction of sp³-hybridized carbons (Fsp3) is 0.667. The van der Waals surface area contributed by atoms with Crippen LogP contribution in [0.25, 0.3) is 0 Å². The maximum atomic E-state index is 9.26. The lowest BCUT2D eigenvalue weighted by Crippen LogP contribution is -2.46. The van der Waals surface area contributed by atoms with Crippen molar-refractivity contribution in [2.45, 2.75) is 19.9 Å². The molecule has 1 aliphatic heterocycles. The second-order valence-electron chi connectivity index (χ2n) is 7.17. The molecule has 0 amide bonds. The van der Waals surface area contributed by atoms with Crippen molar-refractivity contribution in [2.75, 3.05) is 66.8 Å². The summed E-state index contributed by atoms with van der Waals surface area (Å²) in [5.41, 5.74) is 1.15. The number of aliphatic hydroxyl groups is 1. The summed E-state index contributed by atoms with van der Waals surface area (Å²) < 4.78 is 16.4. The van der Waals surface area contributed by atoms with Crippen LogP contribution in [0.1, 0.15) is 25.5 Å². The van der Waals surface area contributed by atoms with E-state index in [-0.39, 0.29) is 42.5 Å². The third kappa shape index (κ3) is 8.09. The normalized spacial score (nSPS) is 16.9. The first-order valence-electron chi connectivity index (χ1n) is 10.3. The van der Waals surface area contributed by atoms with Crippen LogP contribution >= 0.6 is 24.0 Å². The van der Waals surface area contributed by atoms with Gasteiger partial charge in [-0.15, -0.1) is 24.0 Å². The van der Waals surface area contributed by atoms with Crippen LogP contribution in [-0.4, -0.2) is 82.7 Å². The Kier molecular flexibility index (Phi) is 13.1. The van der Waals surface area contributed by atoms with Crippen LogP contribution in [0.5, 0.6) is 11.5 Å². The molecule has 2 rings (SSSR count). The number of guanidine groups is 1. The van der Waals surface area contributed by atoms with E-state index in [2.05, 4.69) is 26.6 Å². The van der Waals surface area contributed by atoms with E-state index in [4.69, 9.17) is 14.2 Å². The molecule has 30 heavy (non-hydrogen) atoms. The van der Waals surface area contributed by atoms with Gasteiger partial charge in [-0.3, -0.25) is 9.89 Å². The number of hydrogen-bond acceptors (Lipinski definition) is 6. The molecule has 0 aromatic heterocycles. The molecule has 8 nitrogen and oxygen atoms in total. The van der Waals surface area contributed by atoms with Gasteiger partial charge in [0, 0.05) is 39.3 Å². The topological polar surface area (TPSA) is 87.6 Å². The van der Waals surface area contributed by atoms with Gasteiger partial charge in [-0.05, 0) is 30.5 Å². The van der Waals surface area contributed by atoms with Crippen LogP contribution in [-0.2, 0) is 4.74 Å². The number of nitrogens with one attached hydrogen (secondary N) is 2. The predicted molar refractivity (Wildman–Crippen MR) is 130 cm³/mol. The molecule has 1 aliphatic rings. The molecule has 0 aliphatic carbocycles. The zero-order chi connectivity index (χ0) is 21.1. The summed E-state index contributed by atoms with van der Waals surface area (Å²) in [4.78, 5) is 7.02. The Balaban J connectivity index is 0.00000450. The number of aliphatic hydroxyl groups excluding tert-OH is 1. The van der Waals surface area contributed by atoms with Gasteiger partial charge >= 0.3 is 0 Å². The third-order valence-electron chi connectivity index (χ3n) is 4.96. The van der Waals surface area contributed by atoms with Gasteiger partial charge in [-0.2, -0.15) is 0 Å². The Labute approximate surface area is 197 Å². The molecule has 1 fully saturated rings. The van der Waals surface area contributed by atoms with Crippen molar-refractivity contribution in [3.05, 3.63) is 23.8 Å². The second kappa shape index (κ2) is 14.7. The van der Waals surface area contributed by atoms with Crippen molar-refractivity contribution in [1.82, 2.24) is 15.5 Å². The van der Waals surface area contributed by atoms with E-state index in [1.54, 1.807) is 14.2 Å². The number of nitrogens with zero attached hydrogens (tertiary/aromatic N) is 2. The fourth-order valence-corrected chi connectivity index (χ4v) is 3.25. The summed E-state index contributed by atoms with van der Waals surface area (Å²) in [7, 11) is 3.30. The number of hydrogen-bond donors (Lipinski definition) is 3. The van der Waals surface area contributed by atoms with Gasteiger partial charge in [-0.1, -0.05) is 13.0 Å². The quantitative estimate of drug-likeness (QED) is 0.239. The molecule has 3 N–H and O–H groups in total. The van der Waals surface area contributed by atoms with Crippen LogP contribution in [0.3, 0.4) is 0 Å². The van der Waals surface area contributed by atoms with Crippen molar-refractivity contribution in [1.29, 1.82) is 0 Å². The highest BCUT2D eigenvalue weighted by Crippen LogP contribution is 2.32. The molecule has 0 bridgehead atoms. The van der Waals surface area contributed by atoms with Crippen LogP contribution < -0.4 is 20.1 Å². The van der Waals surface area contributed by atoms with Gasteiger partial charge in [0.2, 0.25) is 0 Å². The maximum absolute atomic E-state index is 9.26. The lowest BCUT2D eigenvalue weighted by atomic mass is 10.0. The van der Waals surface area contributed by atoms with Crippen molar-refractivity contribution < 1.29 is 19.3 Å². The number of benzene rings is 1. The molecular formula is C21H37IN4O4. The molecule has 1 aromatic rings. The van der Waals surface area contributed by atoms with Crippen LogP contribution in [0.2, 0.25) is 0 Å². The molecule has 9 heteroatoms. The van der Waals surface area contributed by atoms with Crippen molar-refractivity contribution >= 4 is 29.9 Å². The van der Waals surface area contributed by atoms with Gasteiger partial charge in [0.25, 0.3) is 0 Å². The van der Waals surface area contributed by atoms with Crippen molar-refractivity contribution in [3.63, 3.8) is 0 Å². The summed E-state index contributed by atoms with van der Waals surface area (Å²) in [5.74, 6) is 2.33. The van der Waals surface area contributed by atoms with E-state index in [1.807, 2.05) is 26.0 Å². The molecule has 0 spiro atoms. The monoisotopic (exact) mass is 536 g/mol. The lowest BCUT2D eigenvalue weighted by Gasteiger charge is -2.35. The van der Waals surface area contributed by atoms with E-state index in [1.165, 1.54) is 0 Å². The average Bonchev–Trinajstić information content (AvgIpc) is 2.77. The number of rotatable bonds is 10. The summed E-state index contributed by atoms with van der Waals surface area (Å²) in [6.07, 6.45) is 0. The highest BCUT2D eigenvalue weighted by Gasteiger charge is 2.24. The molecule has 1 aromatic carbocycles. The number of halogens is 1. The Morgan fingerprint density at radius 1 is 1.20 bits per heavy atom. The number of methoxy groups -OCH3 is 2. The predicted octanol–water partition coefficient (Wildman–Crippen LogP) is 1.88. The highest BCUT2D eigenvalue weighted by molar-refractivity contribution is 14.0. The molecular weight excluding hydrogens is 499 g/mol. The zero-order valence-electron chi connectivity index (χ0n) is 18.5. The Morgan fingerprint density at radius 3 is 2.50 bits per heavy atom. The molecule has 2 unspecified atom stereocenters. The SMILES string of the molecule is CCNC(=NCC(C)CO)NCC(c1ccc(OC)c(OC)c1)N1CCOCC1.I. The average molecular weight is 536 g/mol. The maximum Gasteiger partial charge on any atom is 0.191 e. The smallest absolute Gasteiger partial charge is 0.191 e. The van der Waals surface area contributed by atoms with E-state index in [9.17, 15) is 5.11 Å². The first-order valence-corrected chi connectivity index (χ1v) is 10.3. The standard InChI is InChI=1S/C21H36N4O4.HI/c1-5-22-21(23-13-16(2)15-26)24-14-18(25-8-10-29-11-9-25)17-6-7-19(27-3)20(12-17)28-4;/h6-7,12,16,18,26H,5,8-11,13-15H2,1-4H3,(H2,22,23,24);1H. The second-order valence-corrected chi connectivity index (χ2v) is 7.17. The number of morpholine rings is 1. The first kappa shape index (κ1) is 26.7. The minimum absolute atomic E-state index is 0. The molecule has 0 saturated carbocycles. The minimum Gasteiger partial charge on any atom is -0.493 e. The molecule has 172 valence electrons. The Morgan fingerprint density at radius 2 is 1.90 bits per heavy atom. The molecule has 1 heterocycles. The zero-order valence-corrected chi connectivity index (χ0v) is 20.8. The summed E-state index contributed by atoms with van der Waals surface area (Å²) in [6.45, 7) is 9.39. The first-order chi connectivity index (χ1) is 14.1. The Hall–Kier alpha value is -1.30. The minimum atomic E-state index is 0. The van der Waals surface area contributed by atoms with E-state index >= 15 is 0 Å². The lowest BCUT2D eigenvalue weighted by molar-refractivity contribution is 0.0169. The summed E-state index contributed by atoms with van der Waals surface area (Å²) in [5, 5.41) is 16.0. The largest absolute Gasteiger partial charge is 0.493 e. The van der Waals surface area contributed by atoms with E-state index in [0.717, 1.165) is 55.9 Å². The molecule has 2 atom stereocenters. The summed E-state index contributed by atoms with van der Waals surface area (Å²) in [6, 6.07) is 6.21. The third-order valence-corrected chi connectivity index (χ3v) is 4.96. The van der Waals surface area contributed by atoms with E-state index < -0.39 is 0 Å². The van der Waals surface area contributed by atoms with Gasteiger partial charge in [0.1, 0.15) is 0 Å².